The van der Waals surface area contributed by atoms with Crippen molar-refractivity contribution in [3.05, 3.63) is 23.8 Å². The molecule has 0 aromatic heterocycles. The summed E-state index contributed by atoms with van der Waals surface area (Å²) in [5.41, 5.74) is -3.44. The maximum Gasteiger partial charge on any atom is 0.446 e. The highest BCUT2D eigenvalue weighted by Crippen LogP contribution is 2.41. The second kappa shape index (κ2) is 6.89. The van der Waals surface area contributed by atoms with Crippen molar-refractivity contribution < 1.29 is 17.9 Å². The second-order valence-electron chi connectivity index (χ2n) is 5.06. The van der Waals surface area contributed by atoms with Crippen LogP contribution in [-0.4, -0.2) is 43.2 Å². The lowest BCUT2D eigenvalue weighted by Gasteiger charge is -2.34. The van der Waals surface area contributed by atoms with Gasteiger partial charge in [0.1, 0.15) is 5.75 Å². The monoisotopic (exact) mass is 320 g/mol. The number of thioether (sulfide) groups is 1. The van der Waals surface area contributed by atoms with Crippen LogP contribution in [0.3, 0.4) is 0 Å². The third-order valence-corrected chi connectivity index (χ3v) is 4.25. The van der Waals surface area contributed by atoms with Crippen molar-refractivity contribution in [3.8, 4) is 5.75 Å². The summed E-state index contributed by atoms with van der Waals surface area (Å²) in [5.74, 6) is 0.259. The summed E-state index contributed by atoms with van der Waals surface area (Å²) < 4.78 is 42.8. The van der Waals surface area contributed by atoms with E-state index in [1.807, 2.05) is 6.07 Å². The number of rotatable bonds is 4. The maximum absolute atomic E-state index is 12.6. The Bertz CT molecular complexity index is 482. The minimum atomic E-state index is -4.31. The van der Waals surface area contributed by atoms with E-state index in [1.54, 1.807) is 12.1 Å². The fourth-order valence-corrected chi connectivity index (χ4v) is 3.09. The predicted molar refractivity (Wildman–Crippen MR) is 77.6 cm³/mol. The van der Waals surface area contributed by atoms with Crippen molar-refractivity contribution in [2.75, 3.05) is 26.7 Å². The molecule has 1 N–H and O–H groups in total. The van der Waals surface area contributed by atoms with Crippen LogP contribution in [0.2, 0.25) is 0 Å². The summed E-state index contributed by atoms with van der Waals surface area (Å²) in [6.45, 7) is 5.47. The molecule has 2 rings (SSSR count). The summed E-state index contributed by atoms with van der Waals surface area (Å²) in [4.78, 5) is 2.38. The smallest absolute Gasteiger partial charge is 0.446 e. The van der Waals surface area contributed by atoms with Crippen LogP contribution in [-0.2, 0) is 6.54 Å². The van der Waals surface area contributed by atoms with Crippen LogP contribution in [0.5, 0.6) is 5.75 Å². The van der Waals surface area contributed by atoms with Crippen molar-refractivity contribution in [2.45, 2.75) is 29.9 Å². The number of hydrogen-bond acceptors (Lipinski definition) is 4. The number of nitrogens with one attached hydrogen (secondary N) is 1. The van der Waals surface area contributed by atoms with Crippen LogP contribution in [0, 0.1) is 0 Å². The molecule has 1 saturated heterocycles. The normalized spacial score (nSPS) is 20.5. The van der Waals surface area contributed by atoms with Gasteiger partial charge in [0, 0.05) is 32.2 Å². The van der Waals surface area contributed by atoms with E-state index in [9.17, 15) is 13.2 Å². The van der Waals surface area contributed by atoms with Gasteiger partial charge in [0.25, 0.3) is 0 Å². The third-order valence-electron chi connectivity index (χ3n) is 3.48. The van der Waals surface area contributed by atoms with E-state index < -0.39 is 5.51 Å². The minimum absolute atomic E-state index is 0.116. The van der Waals surface area contributed by atoms with E-state index in [1.165, 1.54) is 7.11 Å². The molecule has 1 fully saturated rings. The Balaban J connectivity index is 2.14. The Kier molecular flexibility index (Phi) is 5.40. The molecular weight excluding hydrogens is 301 g/mol. The second-order valence-corrected chi connectivity index (χ2v) is 6.16. The van der Waals surface area contributed by atoms with E-state index >= 15 is 0 Å². The number of nitrogens with zero attached hydrogens (tertiary/aromatic N) is 1. The number of benzene rings is 1. The predicted octanol–water partition coefficient (Wildman–Crippen LogP) is 3.10. The third kappa shape index (κ3) is 4.79. The molecule has 21 heavy (non-hydrogen) atoms. The first kappa shape index (κ1) is 16.5. The summed E-state index contributed by atoms with van der Waals surface area (Å²) in [5, 5.41) is 3.30. The van der Waals surface area contributed by atoms with Crippen LogP contribution in [0.4, 0.5) is 13.2 Å². The lowest BCUT2D eigenvalue weighted by Crippen LogP contribution is -2.49. The number of hydrogen-bond donors (Lipinski definition) is 1. The molecule has 1 aromatic rings. The molecule has 0 amide bonds. The minimum Gasteiger partial charge on any atom is -0.496 e. The van der Waals surface area contributed by atoms with Crippen LogP contribution in [0.25, 0.3) is 0 Å². The molecule has 1 heterocycles. The number of methoxy groups -OCH3 is 1. The molecule has 1 aliphatic heterocycles. The van der Waals surface area contributed by atoms with E-state index in [0.29, 0.717) is 12.6 Å². The fourth-order valence-electron chi connectivity index (χ4n) is 2.38. The highest BCUT2D eigenvalue weighted by molar-refractivity contribution is 8.00. The van der Waals surface area contributed by atoms with Crippen molar-refractivity contribution in [1.29, 1.82) is 0 Å². The average molecular weight is 320 g/mol. The largest absolute Gasteiger partial charge is 0.496 e. The molecule has 118 valence electrons. The topological polar surface area (TPSA) is 24.5 Å². The van der Waals surface area contributed by atoms with Gasteiger partial charge in [-0.3, -0.25) is 4.90 Å². The number of ether oxygens (including phenoxy) is 1. The van der Waals surface area contributed by atoms with E-state index in [0.717, 1.165) is 25.2 Å². The first-order valence-corrected chi connectivity index (χ1v) is 7.58. The lowest BCUT2D eigenvalue weighted by atomic mass is 10.1. The zero-order chi connectivity index (χ0) is 15.5. The summed E-state index contributed by atoms with van der Waals surface area (Å²) in [6, 6.07) is 5.38. The zero-order valence-electron chi connectivity index (χ0n) is 12.0. The fraction of sp³-hybridized carbons (Fsp3) is 0.571. The van der Waals surface area contributed by atoms with E-state index in [2.05, 4.69) is 17.1 Å². The number of alkyl halides is 3. The van der Waals surface area contributed by atoms with Gasteiger partial charge in [-0.25, -0.2) is 0 Å². The summed E-state index contributed by atoms with van der Waals surface area (Å²) in [7, 11) is 1.38. The van der Waals surface area contributed by atoms with Gasteiger partial charge < -0.3 is 10.1 Å². The van der Waals surface area contributed by atoms with Gasteiger partial charge in [-0.2, -0.15) is 13.2 Å². The molecular formula is C14H19F3N2OS. The quantitative estimate of drug-likeness (QED) is 0.862. The summed E-state index contributed by atoms with van der Waals surface area (Å²) >= 11 is -0.127. The SMILES string of the molecule is COc1ccc(CN2CCNC[C@@H]2C)cc1SC(F)(F)F. The van der Waals surface area contributed by atoms with Gasteiger partial charge in [-0.05, 0) is 36.4 Å². The Hall–Kier alpha value is -0.920. The molecule has 0 bridgehead atoms. The highest BCUT2D eigenvalue weighted by atomic mass is 32.2. The molecule has 0 saturated carbocycles. The van der Waals surface area contributed by atoms with Crippen LogP contribution < -0.4 is 10.1 Å². The van der Waals surface area contributed by atoms with Gasteiger partial charge in [0.15, 0.2) is 0 Å². The van der Waals surface area contributed by atoms with Crippen LogP contribution >= 0.6 is 11.8 Å². The highest BCUT2D eigenvalue weighted by Gasteiger charge is 2.31. The van der Waals surface area contributed by atoms with Gasteiger partial charge >= 0.3 is 5.51 Å². The Morgan fingerprint density at radius 2 is 2.19 bits per heavy atom. The lowest BCUT2D eigenvalue weighted by molar-refractivity contribution is -0.0328. The van der Waals surface area contributed by atoms with Crippen molar-refractivity contribution in [3.63, 3.8) is 0 Å². The molecule has 0 unspecified atom stereocenters. The van der Waals surface area contributed by atoms with Crippen molar-refractivity contribution >= 4 is 11.8 Å². The average Bonchev–Trinajstić information content (AvgIpc) is 2.40. The Labute approximate surface area is 126 Å². The zero-order valence-corrected chi connectivity index (χ0v) is 12.9. The first-order valence-electron chi connectivity index (χ1n) is 6.76. The van der Waals surface area contributed by atoms with E-state index in [-0.39, 0.29) is 22.4 Å². The number of piperazine rings is 1. The van der Waals surface area contributed by atoms with Crippen molar-refractivity contribution in [1.82, 2.24) is 10.2 Å². The standard InChI is InChI=1S/C14H19F3N2OS/c1-10-8-18-5-6-19(10)9-11-3-4-12(20-2)13(7-11)21-14(15,16)17/h3-4,7,10,18H,5-6,8-9H2,1-2H3/t10-/m0/s1. The molecule has 0 radical (unpaired) electrons. The van der Waals surface area contributed by atoms with Gasteiger partial charge in [0.05, 0.1) is 12.0 Å². The van der Waals surface area contributed by atoms with E-state index in [4.69, 9.17) is 4.74 Å². The van der Waals surface area contributed by atoms with Crippen molar-refractivity contribution in [2.24, 2.45) is 0 Å². The Morgan fingerprint density at radius 1 is 1.43 bits per heavy atom. The Morgan fingerprint density at radius 3 is 2.81 bits per heavy atom. The summed E-state index contributed by atoms with van der Waals surface area (Å²) in [6.07, 6.45) is 0. The van der Waals surface area contributed by atoms with Crippen LogP contribution in [0.15, 0.2) is 23.1 Å². The number of halogens is 3. The maximum atomic E-state index is 12.6. The molecule has 0 aliphatic carbocycles. The first-order chi connectivity index (χ1) is 9.89. The molecule has 7 heteroatoms. The molecule has 1 atom stereocenters. The van der Waals surface area contributed by atoms with Gasteiger partial charge in [-0.15, -0.1) is 0 Å². The molecule has 3 nitrogen and oxygen atoms in total. The molecule has 1 aliphatic rings. The molecule has 1 aromatic carbocycles. The van der Waals surface area contributed by atoms with Crippen LogP contribution in [0.1, 0.15) is 12.5 Å². The molecule has 0 spiro atoms. The van der Waals surface area contributed by atoms with Gasteiger partial charge in [0.2, 0.25) is 0 Å². The van der Waals surface area contributed by atoms with Gasteiger partial charge in [-0.1, -0.05) is 6.07 Å².